The van der Waals surface area contributed by atoms with E-state index in [1.165, 1.54) is 111 Å². The van der Waals surface area contributed by atoms with Gasteiger partial charge in [0, 0.05) is 11.4 Å². The van der Waals surface area contributed by atoms with Crippen molar-refractivity contribution in [1.29, 1.82) is 0 Å². The topological polar surface area (TPSA) is 6.48 Å². The molecule has 4 bridgehead atoms. The van der Waals surface area contributed by atoms with E-state index in [1.807, 2.05) is 0 Å². The lowest BCUT2D eigenvalue weighted by Gasteiger charge is -2.55. The van der Waals surface area contributed by atoms with E-state index < -0.39 is 5.41 Å². The number of hydrogen-bond donors (Lipinski definition) is 0. The lowest BCUT2D eigenvalue weighted by molar-refractivity contribution is -0.00280. The van der Waals surface area contributed by atoms with Crippen LogP contribution in [0.5, 0.6) is 0 Å². The van der Waals surface area contributed by atoms with Gasteiger partial charge in [0.25, 0.3) is 0 Å². The maximum absolute atomic E-state index is 2.71. The maximum Gasteiger partial charge on any atom is 0.0783 e. The number of hydrogen-bond acceptors (Lipinski definition) is 2. The summed E-state index contributed by atoms with van der Waals surface area (Å²) in [6, 6.07) is 75.5. The van der Waals surface area contributed by atoms with E-state index in [9.17, 15) is 0 Å². The first-order valence-corrected chi connectivity index (χ1v) is 22.6. The third kappa shape index (κ3) is 5.27. The van der Waals surface area contributed by atoms with Crippen molar-refractivity contribution < 1.29 is 0 Å². The van der Waals surface area contributed by atoms with Crippen LogP contribution in [0.3, 0.4) is 0 Å². The average Bonchev–Trinajstić information content (AvgIpc) is 3.32. The zero-order chi connectivity index (χ0) is 40.1. The summed E-state index contributed by atoms with van der Waals surface area (Å²) in [5.74, 6) is 4.09. The van der Waals surface area contributed by atoms with Crippen molar-refractivity contribution in [3.63, 3.8) is 0 Å². The molecule has 1 spiro atoms. The molecule has 0 atom stereocenters. The average molecular weight is 785 g/mol. The Hall–Kier alpha value is -6.64. The Morgan fingerprint density at radius 3 is 1.15 bits per heavy atom. The minimum absolute atomic E-state index is 0.554. The highest BCUT2D eigenvalue weighted by Crippen LogP contribution is 2.66. The molecular weight excluding hydrogens is 737 g/mol. The van der Waals surface area contributed by atoms with E-state index in [4.69, 9.17) is 0 Å². The van der Waals surface area contributed by atoms with E-state index in [1.54, 1.807) is 5.56 Å². The zero-order valence-corrected chi connectivity index (χ0v) is 34.4. The van der Waals surface area contributed by atoms with Crippen molar-refractivity contribution in [2.24, 2.45) is 23.7 Å². The Morgan fingerprint density at radius 1 is 0.328 bits per heavy atom. The van der Waals surface area contributed by atoms with Crippen LogP contribution in [0.1, 0.15) is 65.8 Å². The molecule has 8 aromatic rings. The summed E-state index contributed by atoms with van der Waals surface area (Å²) in [5, 5.41) is 0. The second-order valence-corrected chi connectivity index (χ2v) is 18.5. The number of nitrogens with zero attached hydrogens (tertiary/aromatic N) is 2. The van der Waals surface area contributed by atoms with Crippen molar-refractivity contribution >= 4 is 34.1 Å². The Labute approximate surface area is 359 Å². The van der Waals surface area contributed by atoms with Crippen molar-refractivity contribution in [1.82, 2.24) is 0 Å². The van der Waals surface area contributed by atoms with Gasteiger partial charge in [0.1, 0.15) is 0 Å². The molecule has 4 aliphatic carbocycles. The lowest BCUT2D eigenvalue weighted by Crippen LogP contribution is -2.44. The number of fused-ring (bicyclic) bond motifs is 8. The fraction of sp³-hybridized carbons (Fsp3) is 0.186. The van der Waals surface area contributed by atoms with Crippen LogP contribution in [-0.4, -0.2) is 0 Å². The highest BCUT2D eigenvalue weighted by atomic mass is 15.2. The van der Waals surface area contributed by atoms with Crippen molar-refractivity contribution in [3.05, 3.63) is 228 Å². The van der Waals surface area contributed by atoms with Gasteiger partial charge < -0.3 is 9.80 Å². The van der Waals surface area contributed by atoms with E-state index >= 15 is 0 Å². The maximum atomic E-state index is 2.71. The van der Waals surface area contributed by atoms with Gasteiger partial charge in [-0.1, -0.05) is 152 Å². The normalized spacial score (nSPS) is 22.3. The van der Waals surface area contributed by atoms with E-state index in [0.29, 0.717) is 5.92 Å². The van der Waals surface area contributed by atoms with Gasteiger partial charge in [-0.05, 0) is 160 Å². The van der Waals surface area contributed by atoms with Crippen molar-refractivity contribution in [3.8, 4) is 22.3 Å². The molecule has 4 saturated carbocycles. The van der Waals surface area contributed by atoms with Gasteiger partial charge in [-0.2, -0.15) is 0 Å². The van der Waals surface area contributed by atoms with Crippen LogP contribution in [0.2, 0.25) is 0 Å². The number of anilines is 6. The molecule has 2 aliphatic heterocycles. The fourth-order valence-electron chi connectivity index (χ4n) is 13.2. The summed E-state index contributed by atoms with van der Waals surface area (Å²) in [5.41, 5.74) is 18.6. The van der Waals surface area contributed by atoms with Crippen LogP contribution in [0.4, 0.5) is 34.1 Å². The number of para-hydroxylation sites is 3. The standard InChI is InChI=1S/C59H48N2/c1-3-13-41(14-4-1)43-23-28-48(29-24-43)60-54-20-10-7-17-50(54)59(51-18-8-11-21-55(51)60)52-19-9-12-22-56(52)61(49-30-25-44(26-31-49)42-15-5-2-6-16-42)57-32-27-45(38-53(57)59)58-46-34-39-33-40(36-46)37-47(58)35-39/h1-32,38-40,46-47,58H,33-37H2. The van der Waals surface area contributed by atoms with Gasteiger partial charge in [-0.15, -0.1) is 0 Å². The fourth-order valence-corrected chi connectivity index (χ4v) is 13.2. The van der Waals surface area contributed by atoms with Crippen LogP contribution >= 0.6 is 0 Å². The molecule has 294 valence electrons. The molecule has 2 nitrogen and oxygen atoms in total. The summed E-state index contributed by atoms with van der Waals surface area (Å²) in [7, 11) is 0. The third-order valence-corrected chi connectivity index (χ3v) is 15.4. The minimum Gasteiger partial charge on any atom is -0.310 e. The second-order valence-electron chi connectivity index (χ2n) is 18.5. The molecule has 2 heteroatoms. The number of benzene rings is 8. The van der Waals surface area contributed by atoms with Crippen LogP contribution in [-0.2, 0) is 5.41 Å². The van der Waals surface area contributed by atoms with Gasteiger partial charge in [0.15, 0.2) is 0 Å². The molecule has 0 radical (unpaired) electrons. The Morgan fingerprint density at radius 2 is 0.705 bits per heavy atom. The lowest BCUT2D eigenvalue weighted by atomic mass is 9.50. The van der Waals surface area contributed by atoms with Crippen molar-refractivity contribution in [2.75, 3.05) is 9.80 Å². The minimum atomic E-state index is -0.554. The monoisotopic (exact) mass is 784 g/mol. The first kappa shape index (κ1) is 35.1. The molecule has 0 saturated heterocycles. The molecule has 0 unspecified atom stereocenters. The molecule has 0 N–H and O–H groups in total. The molecule has 2 heterocycles. The van der Waals surface area contributed by atoms with Gasteiger partial charge in [0.05, 0.1) is 28.2 Å². The number of rotatable bonds is 5. The van der Waals surface area contributed by atoms with E-state index in [-0.39, 0.29) is 0 Å². The predicted octanol–water partition coefficient (Wildman–Crippen LogP) is 15.5. The van der Waals surface area contributed by atoms with Gasteiger partial charge in [-0.25, -0.2) is 0 Å². The largest absolute Gasteiger partial charge is 0.310 e. The third-order valence-electron chi connectivity index (χ3n) is 15.4. The SMILES string of the molecule is c1ccc(-c2ccc(N3c4ccccc4C4(c5ccccc53)c3ccccc3N(c3ccc(-c5ccccc5)cc3)c3ccc(C5C6CC7CC(C6)CC5C7)cc34)cc2)cc1. The molecule has 0 aromatic heterocycles. The smallest absolute Gasteiger partial charge is 0.0783 e. The zero-order valence-electron chi connectivity index (χ0n) is 34.4. The van der Waals surface area contributed by atoms with Gasteiger partial charge >= 0.3 is 0 Å². The molecule has 14 rings (SSSR count). The van der Waals surface area contributed by atoms with E-state index in [0.717, 1.165) is 23.7 Å². The quantitative estimate of drug-likeness (QED) is 0.171. The van der Waals surface area contributed by atoms with E-state index in [2.05, 4.69) is 210 Å². The summed E-state index contributed by atoms with van der Waals surface area (Å²) in [6.45, 7) is 0. The predicted molar refractivity (Wildman–Crippen MR) is 252 cm³/mol. The summed E-state index contributed by atoms with van der Waals surface area (Å²) < 4.78 is 0. The Kier molecular flexibility index (Phi) is 7.89. The van der Waals surface area contributed by atoms with Crippen LogP contribution in [0, 0.1) is 23.7 Å². The first-order chi connectivity index (χ1) is 30.2. The molecule has 0 amide bonds. The first-order valence-electron chi connectivity index (χ1n) is 22.6. The summed E-state index contributed by atoms with van der Waals surface area (Å²) >= 11 is 0. The highest BCUT2D eigenvalue weighted by molar-refractivity contribution is 5.97. The van der Waals surface area contributed by atoms with Crippen LogP contribution in [0.15, 0.2) is 200 Å². The van der Waals surface area contributed by atoms with Crippen LogP contribution in [0.25, 0.3) is 22.3 Å². The van der Waals surface area contributed by atoms with Gasteiger partial charge in [-0.3, -0.25) is 0 Å². The Balaban J connectivity index is 1.05. The molecular formula is C59H48N2. The molecule has 8 aromatic carbocycles. The second kappa shape index (κ2) is 13.7. The molecule has 61 heavy (non-hydrogen) atoms. The summed E-state index contributed by atoms with van der Waals surface area (Å²) in [4.78, 5) is 5.08. The highest BCUT2D eigenvalue weighted by Gasteiger charge is 2.53. The summed E-state index contributed by atoms with van der Waals surface area (Å²) in [6.07, 6.45) is 7.11. The van der Waals surface area contributed by atoms with Crippen molar-refractivity contribution in [2.45, 2.75) is 43.4 Å². The van der Waals surface area contributed by atoms with Crippen LogP contribution < -0.4 is 9.80 Å². The molecule has 6 aliphatic rings. The van der Waals surface area contributed by atoms with Gasteiger partial charge in [0.2, 0.25) is 0 Å². The molecule has 4 fully saturated rings. The Bertz CT molecular complexity index is 2800.